The van der Waals surface area contributed by atoms with Crippen molar-refractivity contribution in [3.05, 3.63) is 70.8 Å². The molecule has 1 fully saturated rings. The predicted molar refractivity (Wildman–Crippen MR) is 104 cm³/mol. The first-order valence-electron chi connectivity index (χ1n) is 9.24. The Labute approximate surface area is 167 Å². The van der Waals surface area contributed by atoms with Gasteiger partial charge < -0.3 is 9.47 Å². The molecule has 0 atom stereocenters. The standard InChI is InChI=1S/C22H22F3NO3/c1-28-21-9-7-17(14-18(21)15-26-10-12-29-13-11-26)20(27)8-6-16-4-2-3-5-19(16)22(23,24)25/h2-9,14H,10-13,15H2,1H3/b8-6+. The summed E-state index contributed by atoms with van der Waals surface area (Å²) in [6, 6.07) is 10.2. The largest absolute Gasteiger partial charge is 0.496 e. The molecule has 0 aromatic heterocycles. The molecule has 3 rings (SSSR count). The molecule has 0 N–H and O–H groups in total. The number of carbonyl (C=O) groups excluding carboxylic acids is 1. The summed E-state index contributed by atoms with van der Waals surface area (Å²) in [6.07, 6.45) is -2.10. The monoisotopic (exact) mass is 405 g/mol. The number of allylic oxidation sites excluding steroid dienone is 1. The number of ketones is 1. The Morgan fingerprint density at radius 1 is 1.17 bits per heavy atom. The molecule has 0 spiro atoms. The zero-order valence-electron chi connectivity index (χ0n) is 16.0. The maximum absolute atomic E-state index is 13.1. The van der Waals surface area contributed by atoms with Crippen LogP contribution in [0, 0.1) is 0 Å². The molecular formula is C22H22F3NO3. The Morgan fingerprint density at radius 3 is 2.59 bits per heavy atom. The summed E-state index contributed by atoms with van der Waals surface area (Å²) in [5, 5.41) is 0. The van der Waals surface area contributed by atoms with Gasteiger partial charge in [0.05, 0.1) is 25.9 Å². The molecule has 4 nitrogen and oxygen atoms in total. The van der Waals surface area contributed by atoms with Gasteiger partial charge in [0.2, 0.25) is 0 Å². The van der Waals surface area contributed by atoms with Gasteiger partial charge in [0.15, 0.2) is 5.78 Å². The predicted octanol–water partition coefficient (Wildman–Crippen LogP) is 4.44. The fourth-order valence-corrected chi connectivity index (χ4v) is 3.22. The molecule has 0 amide bonds. The summed E-state index contributed by atoms with van der Waals surface area (Å²) in [5.41, 5.74) is 0.432. The van der Waals surface area contributed by atoms with Gasteiger partial charge in [-0.1, -0.05) is 24.3 Å². The van der Waals surface area contributed by atoms with Gasteiger partial charge in [0.25, 0.3) is 0 Å². The Kier molecular flexibility index (Phi) is 6.71. The third-order valence-corrected chi connectivity index (χ3v) is 4.74. The zero-order chi connectivity index (χ0) is 20.9. The van der Waals surface area contributed by atoms with Gasteiger partial charge in [-0.25, -0.2) is 0 Å². The second-order valence-electron chi connectivity index (χ2n) is 6.70. The van der Waals surface area contributed by atoms with Crippen molar-refractivity contribution in [2.75, 3.05) is 33.4 Å². The number of halogens is 3. The third-order valence-electron chi connectivity index (χ3n) is 4.74. The first-order chi connectivity index (χ1) is 13.9. The van der Waals surface area contributed by atoms with E-state index < -0.39 is 11.7 Å². The van der Waals surface area contributed by atoms with Gasteiger partial charge in [-0.15, -0.1) is 0 Å². The summed E-state index contributed by atoms with van der Waals surface area (Å²) >= 11 is 0. The number of hydrogen-bond donors (Lipinski definition) is 0. The molecule has 0 bridgehead atoms. The van der Waals surface area contributed by atoms with Gasteiger partial charge in [0, 0.05) is 30.8 Å². The molecule has 154 valence electrons. The summed E-state index contributed by atoms with van der Waals surface area (Å²) in [4.78, 5) is 14.8. The second kappa shape index (κ2) is 9.24. The highest BCUT2D eigenvalue weighted by atomic mass is 19.4. The van der Waals surface area contributed by atoms with Gasteiger partial charge in [-0.3, -0.25) is 9.69 Å². The smallest absolute Gasteiger partial charge is 0.416 e. The molecule has 1 aliphatic rings. The molecule has 2 aromatic carbocycles. The lowest BCUT2D eigenvalue weighted by Gasteiger charge is -2.27. The minimum Gasteiger partial charge on any atom is -0.496 e. The minimum absolute atomic E-state index is 0.0459. The van der Waals surface area contributed by atoms with Crippen molar-refractivity contribution in [1.29, 1.82) is 0 Å². The van der Waals surface area contributed by atoms with E-state index in [1.807, 2.05) is 0 Å². The van der Waals surface area contributed by atoms with Crippen LogP contribution in [0.2, 0.25) is 0 Å². The van der Waals surface area contributed by atoms with Crippen LogP contribution in [-0.4, -0.2) is 44.1 Å². The highest BCUT2D eigenvalue weighted by Gasteiger charge is 2.32. The Balaban J connectivity index is 1.81. The SMILES string of the molecule is COc1ccc(C(=O)/C=C/c2ccccc2C(F)(F)F)cc1CN1CCOCC1. The van der Waals surface area contributed by atoms with Crippen LogP contribution in [0.15, 0.2) is 48.5 Å². The minimum atomic E-state index is -4.48. The van der Waals surface area contributed by atoms with E-state index in [0.717, 1.165) is 24.7 Å². The van der Waals surface area contributed by atoms with Crippen molar-refractivity contribution in [1.82, 2.24) is 4.90 Å². The van der Waals surface area contributed by atoms with E-state index in [1.54, 1.807) is 25.3 Å². The molecule has 1 aliphatic heterocycles. The second-order valence-corrected chi connectivity index (χ2v) is 6.70. The van der Waals surface area contributed by atoms with Crippen molar-refractivity contribution < 1.29 is 27.4 Å². The number of hydrogen-bond acceptors (Lipinski definition) is 4. The molecule has 29 heavy (non-hydrogen) atoms. The number of rotatable bonds is 6. The lowest BCUT2D eigenvalue weighted by Crippen LogP contribution is -2.35. The summed E-state index contributed by atoms with van der Waals surface area (Å²) in [7, 11) is 1.56. The summed E-state index contributed by atoms with van der Waals surface area (Å²) < 4.78 is 50.1. The third kappa shape index (κ3) is 5.46. The maximum Gasteiger partial charge on any atom is 0.416 e. The summed E-state index contributed by atoms with van der Waals surface area (Å²) in [6.45, 7) is 3.49. The van der Waals surface area contributed by atoms with Crippen LogP contribution in [0.1, 0.15) is 27.0 Å². The number of carbonyl (C=O) groups is 1. The molecule has 7 heteroatoms. The first-order valence-corrected chi connectivity index (χ1v) is 9.24. The van der Waals surface area contributed by atoms with Crippen molar-refractivity contribution in [3.8, 4) is 5.75 Å². The van der Waals surface area contributed by atoms with Crippen LogP contribution in [0.3, 0.4) is 0 Å². The molecular weight excluding hydrogens is 383 g/mol. The van der Waals surface area contributed by atoms with E-state index in [0.29, 0.717) is 31.1 Å². The molecule has 1 heterocycles. The van der Waals surface area contributed by atoms with Gasteiger partial charge >= 0.3 is 6.18 Å². The van der Waals surface area contributed by atoms with E-state index in [2.05, 4.69) is 4.90 Å². The molecule has 0 saturated carbocycles. The lowest BCUT2D eigenvalue weighted by molar-refractivity contribution is -0.137. The fraction of sp³-hybridized carbons (Fsp3) is 0.318. The lowest BCUT2D eigenvalue weighted by atomic mass is 10.0. The molecule has 2 aromatic rings. The zero-order valence-corrected chi connectivity index (χ0v) is 16.0. The van der Waals surface area contributed by atoms with Crippen LogP contribution < -0.4 is 4.74 Å². The fourth-order valence-electron chi connectivity index (χ4n) is 3.22. The topological polar surface area (TPSA) is 38.8 Å². The van der Waals surface area contributed by atoms with Crippen LogP contribution in [0.5, 0.6) is 5.75 Å². The number of methoxy groups -OCH3 is 1. The number of morpholine rings is 1. The molecule has 0 unspecified atom stereocenters. The normalized spacial score (nSPS) is 15.6. The van der Waals surface area contributed by atoms with Crippen molar-refractivity contribution in [3.63, 3.8) is 0 Å². The molecule has 0 radical (unpaired) electrons. The van der Waals surface area contributed by atoms with Gasteiger partial charge in [-0.05, 0) is 35.9 Å². The van der Waals surface area contributed by atoms with E-state index in [-0.39, 0.29) is 11.3 Å². The van der Waals surface area contributed by atoms with E-state index in [9.17, 15) is 18.0 Å². The Hall–Kier alpha value is -2.64. The Bertz CT molecular complexity index is 887. The quantitative estimate of drug-likeness (QED) is 0.526. The van der Waals surface area contributed by atoms with Crippen molar-refractivity contribution in [2.24, 2.45) is 0 Å². The van der Waals surface area contributed by atoms with E-state index in [1.165, 1.54) is 30.4 Å². The average molecular weight is 405 g/mol. The van der Waals surface area contributed by atoms with Crippen LogP contribution in [-0.2, 0) is 17.5 Å². The maximum atomic E-state index is 13.1. The van der Waals surface area contributed by atoms with Crippen LogP contribution in [0.25, 0.3) is 6.08 Å². The van der Waals surface area contributed by atoms with Crippen LogP contribution in [0.4, 0.5) is 13.2 Å². The van der Waals surface area contributed by atoms with Gasteiger partial charge in [-0.2, -0.15) is 13.2 Å². The van der Waals surface area contributed by atoms with Crippen molar-refractivity contribution >= 4 is 11.9 Å². The summed E-state index contributed by atoms with van der Waals surface area (Å²) in [5.74, 6) is 0.298. The van der Waals surface area contributed by atoms with Crippen LogP contribution >= 0.6 is 0 Å². The van der Waals surface area contributed by atoms with E-state index in [4.69, 9.17) is 9.47 Å². The van der Waals surface area contributed by atoms with Gasteiger partial charge in [0.1, 0.15) is 5.75 Å². The number of nitrogens with zero attached hydrogens (tertiary/aromatic N) is 1. The number of benzene rings is 2. The highest BCUT2D eigenvalue weighted by Crippen LogP contribution is 2.32. The van der Waals surface area contributed by atoms with E-state index >= 15 is 0 Å². The molecule has 0 aliphatic carbocycles. The average Bonchev–Trinajstić information content (AvgIpc) is 2.72. The number of ether oxygens (including phenoxy) is 2. The number of alkyl halides is 3. The first kappa shape index (κ1) is 21.1. The highest BCUT2D eigenvalue weighted by molar-refractivity contribution is 6.07. The van der Waals surface area contributed by atoms with Crippen molar-refractivity contribution in [2.45, 2.75) is 12.7 Å². The Morgan fingerprint density at radius 2 is 1.90 bits per heavy atom. The molecule has 1 saturated heterocycles.